The molecule has 5 nitrogen and oxygen atoms in total. The fourth-order valence-electron chi connectivity index (χ4n) is 9.12. The molecular formula is C53H30N4OS. The van der Waals surface area contributed by atoms with Gasteiger partial charge in [0.25, 0.3) is 0 Å². The summed E-state index contributed by atoms with van der Waals surface area (Å²) < 4.78 is 11.8. The van der Waals surface area contributed by atoms with Crippen LogP contribution in [0.4, 0.5) is 0 Å². The number of hydrogen-bond donors (Lipinski definition) is 0. The third-order valence-corrected chi connectivity index (χ3v) is 13.0. The van der Waals surface area contributed by atoms with Gasteiger partial charge in [0.1, 0.15) is 5.58 Å². The summed E-state index contributed by atoms with van der Waals surface area (Å²) in [5.74, 6) is 1.83. The normalized spacial score (nSPS) is 12.1. The predicted molar refractivity (Wildman–Crippen MR) is 246 cm³/mol. The minimum absolute atomic E-state index is 0.588. The van der Waals surface area contributed by atoms with Crippen LogP contribution in [-0.4, -0.2) is 19.5 Å². The number of aromatic nitrogens is 4. The molecule has 0 N–H and O–H groups in total. The van der Waals surface area contributed by atoms with Crippen molar-refractivity contribution in [1.82, 2.24) is 19.5 Å². The van der Waals surface area contributed by atoms with E-state index in [1.807, 2.05) is 12.1 Å². The Kier molecular flexibility index (Phi) is 6.82. The van der Waals surface area contributed by atoms with Gasteiger partial charge in [0.2, 0.25) is 0 Å². The van der Waals surface area contributed by atoms with Gasteiger partial charge in [-0.1, -0.05) is 121 Å². The maximum absolute atomic E-state index is 6.93. The van der Waals surface area contributed by atoms with Crippen molar-refractivity contribution in [2.75, 3.05) is 0 Å². The first-order valence-electron chi connectivity index (χ1n) is 19.8. The van der Waals surface area contributed by atoms with Crippen molar-refractivity contribution in [2.45, 2.75) is 0 Å². The molecule has 0 fully saturated rings. The molecule has 0 bridgehead atoms. The molecule has 9 aromatic carbocycles. The molecule has 0 aliphatic heterocycles. The van der Waals surface area contributed by atoms with Gasteiger partial charge < -0.3 is 8.98 Å². The highest BCUT2D eigenvalue weighted by Gasteiger charge is 2.23. The summed E-state index contributed by atoms with van der Waals surface area (Å²) in [5, 5.41) is 11.4. The number of benzene rings is 9. The van der Waals surface area contributed by atoms with Gasteiger partial charge in [-0.3, -0.25) is 0 Å². The van der Waals surface area contributed by atoms with Gasteiger partial charge in [-0.15, -0.1) is 11.3 Å². The molecular weight excluding hydrogens is 741 g/mol. The van der Waals surface area contributed by atoms with Crippen LogP contribution in [0, 0.1) is 0 Å². The number of thiophene rings is 1. The number of para-hydroxylation sites is 2. The fraction of sp³-hybridized carbons (Fsp3) is 0. The van der Waals surface area contributed by atoms with Crippen LogP contribution in [0.3, 0.4) is 0 Å². The van der Waals surface area contributed by atoms with E-state index in [0.29, 0.717) is 17.5 Å². The number of fused-ring (bicyclic) bond motifs is 11. The predicted octanol–water partition coefficient (Wildman–Crippen LogP) is 14.5. The zero-order valence-corrected chi connectivity index (χ0v) is 32.2. The SMILES string of the molecule is c1ccc2cc3c(cc2c1)c1ccccc1n3-c1ccc(-c2nc(-c3ccc4sc5ccccc5c4c3)nc(-c3cccc4ccccc34)n2)c2c1oc1ccccc12. The lowest BCUT2D eigenvalue weighted by molar-refractivity contribution is 0.666. The molecule has 13 aromatic rings. The molecule has 0 unspecified atom stereocenters. The van der Waals surface area contributed by atoms with Crippen LogP contribution < -0.4 is 0 Å². The zero-order valence-electron chi connectivity index (χ0n) is 31.4. The molecule has 0 aliphatic carbocycles. The van der Waals surface area contributed by atoms with Crippen molar-refractivity contribution in [3.63, 3.8) is 0 Å². The van der Waals surface area contributed by atoms with Crippen molar-refractivity contribution in [3.8, 4) is 39.9 Å². The summed E-state index contributed by atoms with van der Waals surface area (Å²) in [4.78, 5) is 15.9. The van der Waals surface area contributed by atoms with Gasteiger partial charge in [-0.25, -0.2) is 15.0 Å². The van der Waals surface area contributed by atoms with Gasteiger partial charge >= 0.3 is 0 Å². The maximum Gasteiger partial charge on any atom is 0.164 e. The van der Waals surface area contributed by atoms with E-state index in [1.165, 1.54) is 41.7 Å². The molecule has 4 aromatic heterocycles. The first kappa shape index (κ1) is 32.4. The summed E-state index contributed by atoms with van der Waals surface area (Å²) in [6, 6.07) is 64.3. The van der Waals surface area contributed by atoms with Crippen molar-refractivity contribution in [3.05, 3.63) is 182 Å². The number of furan rings is 1. The third-order valence-electron chi connectivity index (χ3n) is 11.8. The summed E-state index contributed by atoms with van der Waals surface area (Å²) in [7, 11) is 0. The Morgan fingerprint density at radius 2 is 1.07 bits per heavy atom. The molecule has 0 atom stereocenters. The van der Waals surface area contributed by atoms with Crippen LogP contribution in [0.15, 0.2) is 186 Å². The lowest BCUT2D eigenvalue weighted by Gasteiger charge is -2.13. The lowest BCUT2D eigenvalue weighted by Crippen LogP contribution is -2.01. The summed E-state index contributed by atoms with van der Waals surface area (Å²) >= 11 is 1.81. The van der Waals surface area contributed by atoms with Crippen molar-refractivity contribution < 1.29 is 4.42 Å². The highest BCUT2D eigenvalue weighted by atomic mass is 32.1. The molecule has 0 saturated heterocycles. The monoisotopic (exact) mass is 770 g/mol. The second kappa shape index (κ2) is 12.4. The number of nitrogens with zero attached hydrogens (tertiary/aromatic N) is 4. The highest BCUT2D eigenvalue weighted by Crippen LogP contribution is 2.43. The average Bonchev–Trinajstić information content (AvgIpc) is 3.97. The van der Waals surface area contributed by atoms with Gasteiger partial charge in [0.15, 0.2) is 23.1 Å². The molecule has 4 heterocycles. The Morgan fingerprint density at radius 1 is 0.407 bits per heavy atom. The van der Waals surface area contributed by atoms with Crippen molar-refractivity contribution >= 4 is 96.8 Å². The second-order valence-electron chi connectivity index (χ2n) is 15.1. The zero-order chi connectivity index (χ0) is 38.6. The molecule has 274 valence electrons. The van der Waals surface area contributed by atoms with E-state index < -0.39 is 0 Å². The van der Waals surface area contributed by atoms with Gasteiger partial charge in [-0.05, 0) is 82.2 Å². The average molecular weight is 771 g/mol. The number of rotatable bonds is 4. The van der Waals surface area contributed by atoms with Crippen LogP contribution in [0.25, 0.3) is 125 Å². The highest BCUT2D eigenvalue weighted by molar-refractivity contribution is 7.25. The van der Waals surface area contributed by atoms with E-state index in [9.17, 15) is 0 Å². The Labute approximate surface area is 341 Å². The van der Waals surface area contributed by atoms with Crippen LogP contribution >= 0.6 is 11.3 Å². The van der Waals surface area contributed by atoms with E-state index in [0.717, 1.165) is 66.1 Å². The van der Waals surface area contributed by atoms with E-state index in [1.54, 1.807) is 11.3 Å². The Hall–Kier alpha value is -7.67. The van der Waals surface area contributed by atoms with Crippen molar-refractivity contribution in [2.24, 2.45) is 0 Å². The van der Waals surface area contributed by atoms with Crippen LogP contribution in [0.1, 0.15) is 0 Å². The minimum atomic E-state index is 0.588. The van der Waals surface area contributed by atoms with Gasteiger partial charge in [0.05, 0.1) is 16.7 Å². The fourth-order valence-corrected chi connectivity index (χ4v) is 10.2. The molecule has 0 aliphatic rings. The first-order valence-corrected chi connectivity index (χ1v) is 20.6. The lowest BCUT2D eigenvalue weighted by atomic mass is 10.0. The third kappa shape index (κ3) is 4.87. The smallest absolute Gasteiger partial charge is 0.164 e. The molecule has 0 spiro atoms. The molecule has 0 amide bonds. The minimum Gasteiger partial charge on any atom is -0.454 e. The summed E-state index contributed by atoms with van der Waals surface area (Å²) in [6.45, 7) is 0. The summed E-state index contributed by atoms with van der Waals surface area (Å²) in [5.41, 5.74) is 7.55. The van der Waals surface area contributed by atoms with Gasteiger partial charge in [-0.2, -0.15) is 0 Å². The maximum atomic E-state index is 6.93. The molecule has 13 rings (SSSR count). The largest absolute Gasteiger partial charge is 0.454 e. The van der Waals surface area contributed by atoms with Crippen LogP contribution in [0.2, 0.25) is 0 Å². The van der Waals surface area contributed by atoms with Crippen LogP contribution in [0.5, 0.6) is 0 Å². The van der Waals surface area contributed by atoms with E-state index in [-0.39, 0.29) is 0 Å². The quantitative estimate of drug-likeness (QED) is 0.179. The Bertz CT molecular complexity index is 3870. The number of hydrogen-bond acceptors (Lipinski definition) is 5. The second-order valence-corrected chi connectivity index (χ2v) is 16.2. The topological polar surface area (TPSA) is 56.7 Å². The first-order chi connectivity index (χ1) is 29.2. The van der Waals surface area contributed by atoms with Gasteiger partial charge in [0, 0.05) is 58.4 Å². The van der Waals surface area contributed by atoms with E-state index in [4.69, 9.17) is 19.4 Å². The molecule has 6 heteroatoms. The van der Waals surface area contributed by atoms with E-state index in [2.05, 4.69) is 174 Å². The molecule has 0 saturated carbocycles. The van der Waals surface area contributed by atoms with Crippen molar-refractivity contribution in [1.29, 1.82) is 0 Å². The molecule has 59 heavy (non-hydrogen) atoms. The van der Waals surface area contributed by atoms with Crippen LogP contribution in [-0.2, 0) is 0 Å². The standard InChI is InChI=1S/C53H30N4OS/c1-2-14-33-30-45-41(28-32(33)13-1)36-17-5-8-21-43(36)57(45)44-26-25-40(49-39-19-6-9-22-46(39)58-50(44)49)53-55-51(34-24-27-48-42(29-34)37-18-7-10-23-47(37)59-48)54-52(56-53)38-20-11-15-31-12-3-4-16-35(31)38/h1-30H. The Balaban J connectivity index is 1.11. The summed E-state index contributed by atoms with van der Waals surface area (Å²) in [6.07, 6.45) is 0. The molecule has 0 radical (unpaired) electrons. The Morgan fingerprint density at radius 3 is 1.95 bits per heavy atom. The van der Waals surface area contributed by atoms with E-state index >= 15 is 0 Å².